The van der Waals surface area contributed by atoms with Crippen LogP contribution in [0.5, 0.6) is 5.75 Å². The molecule has 3 aromatic carbocycles. The van der Waals surface area contributed by atoms with Gasteiger partial charge in [0.1, 0.15) is 11.3 Å². The van der Waals surface area contributed by atoms with Crippen LogP contribution in [0.25, 0.3) is 10.8 Å². The third-order valence-electron chi connectivity index (χ3n) is 4.44. The Kier molecular flexibility index (Phi) is 5.48. The van der Waals surface area contributed by atoms with Crippen LogP contribution in [-0.4, -0.2) is 34.6 Å². The van der Waals surface area contributed by atoms with Crippen molar-refractivity contribution in [2.24, 2.45) is 10.2 Å². The van der Waals surface area contributed by atoms with Crippen LogP contribution in [0.2, 0.25) is 0 Å². The molecule has 0 spiro atoms. The second-order valence-corrected chi connectivity index (χ2v) is 8.20. The monoisotopic (exact) mass is 449 g/mol. The maximum Gasteiger partial charge on any atom is 0.339 e. The minimum absolute atomic E-state index is 0.0212. The molecular weight excluding hydrogens is 434 g/mol. The molecule has 0 saturated heterocycles. The van der Waals surface area contributed by atoms with Crippen LogP contribution >= 0.6 is 0 Å². The highest BCUT2D eigenvalue weighted by Crippen LogP contribution is 2.36. The van der Waals surface area contributed by atoms with Gasteiger partial charge in [-0.2, -0.15) is 5.11 Å². The molecule has 0 aliphatic carbocycles. The number of hydrogen-bond acceptors (Lipinski definition) is 8. The normalized spacial score (nSPS) is 11.6. The van der Waals surface area contributed by atoms with Crippen molar-refractivity contribution in [1.82, 2.24) is 9.97 Å². The predicted molar refractivity (Wildman–Crippen MR) is 116 cm³/mol. The Labute approximate surface area is 182 Å². The van der Waals surface area contributed by atoms with Gasteiger partial charge >= 0.3 is 5.97 Å². The van der Waals surface area contributed by atoms with E-state index >= 15 is 0 Å². The van der Waals surface area contributed by atoms with Crippen LogP contribution in [0.3, 0.4) is 0 Å². The minimum Gasteiger partial charge on any atom is -0.506 e. The van der Waals surface area contributed by atoms with Crippen molar-refractivity contribution in [2.75, 3.05) is 4.72 Å². The Morgan fingerprint density at radius 1 is 0.906 bits per heavy atom. The Morgan fingerprint density at radius 3 is 2.22 bits per heavy atom. The van der Waals surface area contributed by atoms with E-state index in [4.69, 9.17) is 0 Å². The average molecular weight is 449 g/mol. The summed E-state index contributed by atoms with van der Waals surface area (Å²) < 4.78 is 27.2. The number of carbonyl (C=O) groups is 1. The van der Waals surface area contributed by atoms with E-state index in [1.807, 2.05) is 0 Å². The first-order valence-corrected chi connectivity index (χ1v) is 10.6. The van der Waals surface area contributed by atoms with Gasteiger partial charge in [-0.05, 0) is 36.4 Å². The van der Waals surface area contributed by atoms with Crippen LogP contribution in [0.4, 0.5) is 17.3 Å². The molecule has 0 aliphatic heterocycles. The number of rotatable bonds is 6. The van der Waals surface area contributed by atoms with E-state index in [1.54, 1.807) is 30.3 Å². The van der Waals surface area contributed by atoms with Crippen LogP contribution in [0, 0.1) is 0 Å². The fourth-order valence-corrected chi connectivity index (χ4v) is 3.88. The van der Waals surface area contributed by atoms with Gasteiger partial charge in [0.15, 0.2) is 0 Å². The van der Waals surface area contributed by atoms with Gasteiger partial charge in [0, 0.05) is 23.2 Å². The van der Waals surface area contributed by atoms with Gasteiger partial charge in [0.2, 0.25) is 5.95 Å². The summed E-state index contributed by atoms with van der Waals surface area (Å²) in [6.07, 6.45) is 2.83. The first-order valence-electron chi connectivity index (χ1n) is 9.15. The lowest BCUT2D eigenvalue weighted by Crippen LogP contribution is -2.14. The molecule has 4 rings (SSSR count). The summed E-state index contributed by atoms with van der Waals surface area (Å²) in [6, 6.07) is 15.0. The number of benzene rings is 3. The van der Waals surface area contributed by atoms with Crippen molar-refractivity contribution in [1.29, 1.82) is 0 Å². The molecule has 0 radical (unpaired) electrons. The average Bonchev–Trinajstić information content (AvgIpc) is 2.79. The number of aromatic nitrogens is 2. The molecule has 0 fully saturated rings. The molecule has 0 aliphatic rings. The summed E-state index contributed by atoms with van der Waals surface area (Å²) in [7, 11) is -3.89. The predicted octanol–water partition coefficient (Wildman–Crippen LogP) is 4.25. The molecule has 1 heterocycles. The fraction of sp³-hybridized carbons (Fsp3) is 0. The molecule has 0 saturated carbocycles. The first-order chi connectivity index (χ1) is 15.3. The lowest BCUT2D eigenvalue weighted by atomic mass is 10.0. The molecule has 4 aromatic rings. The van der Waals surface area contributed by atoms with Gasteiger partial charge in [0.25, 0.3) is 10.0 Å². The van der Waals surface area contributed by atoms with Gasteiger partial charge in [0.05, 0.1) is 16.3 Å². The summed E-state index contributed by atoms with van der Waals surface area (Å²) >= 11 is 0. The highest BCUT2D eigenvalue weighted by molar-refractivity contribution is 7.92. The Hall–Kier alpha value is -4.38. The molecular formula is C21H15N5O5S. The minimum atomic E-state index is -3.89. The van der Waals surface area contributed by atoms with Gasteiger partial charge in [-0.3, -0.25) is 0 Å². The van der Waals surface area contributed by atoms with Crippen LogP contribution < -0.4 is 4.72 Å². The van der Waals surface area contributed by atoms with Crippen molar-refractivity contribution < 1.29 is 23.4 Å². The van der Waals surface area contributed by atoms with Crippen molar-refractivity contribution in [2.45, 2.75) is 4.90 Å². The number of phenols is 1. The zero-order chi connectivity index (χ0) is 22.7. The SMILES string of the molecule is O=C(O)c1cc(N=Nc2ccc(S(=O)(=O)Nc3ncccn3)cc2)c2ccccc2c1O. The molecule has 0 amide bonds. The number of nitrogens with zero attached hydrogens (tertiary/aromatic N) is 4. The number of nitrogens with one attached hydrogen (secondary N) is 1. The van der Waals surface area contributed by atoms with E-state index in [1.165, 1.54) is 42.7 Å². The molecule has 0 atom stereocenters. The number of anilines is 1. The Balaban J connectivity index is 1.63. The van der Waals surface area contributed by atoms with Gasteiger partial charge in [-0.25, -0.2) is 27.9 Å². The van der Waals surface area contributed by atoms with Crippen molar-refractivity contribution >= 4 is 44.1 Å². The highest BCUT2D eigenvalue weighted by Gasteiger charge is 2.17. The van der Waals surface area contributed by atoms with E-state index in [2.05, 4.69) is 24.9 Å². The van der Waals surface area contributed by atoms with E-state index in [0.29, 0.717) is 16.5 Å². The summed E-state index contributed by atoms with van der Waals surface area (Å²) in [5, 5.41) is 28.6. The Bertz CT molecular complexity index is 1440. The maximum atomic E-state index is 12.4. The number of hydrogen-bond donors (Lipinski definition) is 3. The number of carboxylic acid groups (broad SMARTS) is 1. The van der Waals surface area contributed by atoms with Crippen LogP contribution in [0.1, 0.15) is 10.4 Å². The molecule has 3 N–H and O–H groups in total. The second-order valence-electron chi connectivity index (χ2n) is 6.51. The smallest absolute Gasteiger partial charge is 0.339 e. The highest BCUT2D eigenvalue weighted by atomic mass is 32.2. The largest absolute Gasteiger partial charge is 0.506 e. The molecule has 0 bridgehead atoms. The number of fused-ring (bicyclic) bond motifs is 1. The van der Waals surface area contributed by atoms with Crippen LogP contribution in [-0.2, 0) is 10.0 Å². The first kappa shape index (κ1) is 20.9. The zero-order valence-electron chi connectivity index (χ0n) is 16.2. The summed E-state index contributed by atoms with van der Waals surface area (Å²) in [5.74, 6) is -1.70. The quantitative estimate of drug-likeness (QED) is 0.372. The maximum absolute atomic E-state index is 12.4. The number of aromatic carboxylic acids is 1. The second kappa shape index (κ2) is 8.40. The Morgan fingerprint density at radius 2 is 1.56 bits per heavy atom. The third-order valence-corrected chi connectivity index (χ3v) is 5.78. The standard InChI is InChI=1S/C21H15N5O5S/c27-19-16-5-2-1-4-15(16)18(12-17(19)20(28)29)25-24-13-6-8-14(9-7-13)32(30,31)26-21-22-10-3-11-23-21/h1-12,27H,(H,28,29)(H,22,23,26). The summed E-state index contributed by atoms with van der Waals surface area (Å²) in [5.41, 5.74) is 0.289. The van der Waals surface area contributed by atoms with Gasteiger partial charge < -0.3 is 10.2 Å². The molecule has 1 aromatic heterocycles. The van der Waals surface area contributed by atoms with E-state index in [0.717, 1.165) is 0 Å². The molecule has 10 nitrogen and oxygen atoms in total. The van der Waals surface area contributed by atoms with E-state index in [-0.39, 0.29) is 27.8 Å². The van der Waals surface area contributed by atoms with E-state index in [9.17, 15) is 23.4 Å². The number of aromatic hydroxyl groups is 1. The topological polar surface area (TPSA) is 154 Å². The number of sulfonamides is 1. The lowest BCUT2D eigenvalue weighted by molar-refractivity contribution is 0.0694. The summed E-state index contributed by atoms with van der Waals surface area (Å²) in [6.45, 7) is 0. The van der Waals surface area contributed by atoms with Gasteiger partial charge in [-0.1, -0.05) is 24.3 Å². The lowest BCUT2D eigenvalue weighted by Gasteiger charge is -2.07. The fourth-order valence-electron chi connectivity index (χ4n) is 2.92. The van der Waals surface area contributed by atoms with Crippen molar-refractivity contribution in [3.05, 3.63) is 78.6 Å². The number of azo groups is 1. The van der Waals surface area contributed by atoms with Crippen molar-refractivity contribution in [3.8, 4) is 5.75 Å². The molecule has 160 valence electrons. The number of carboxylic acids is 1. The zero-order valence-corrected chi connectivity index (χ0v) is 17.1. The van der Waals surface area contributed by atoms with E-state index < -0.39 is 16.0 Å². The summed E-state index contributed by atoms with van der Waals surface area (Å²) in [4.78, 5) is 19.1. The molecule has 32 heavy (non-hydrogen) atoms. The molecule has 11 heteroatoms. The van der Waals surface area contributed by atoms with Gasteiger partial charge in [-0.15, -0.1) is 5.11 Å². The molecule has 0 unspecified atom stereocenters. The van der Waals surface area contributed by atoms with Crippen LogP contribution in [0.15, 0.2) is 88.2 Å². The van der Waals surface area contributed by atoms with Crippen molar-refractivity contribution in [3.63, 3.8) is 0 Å². The third kappa shape index (κ3) is 4.23.